The predicted molar refractivity (Wildman–Crippen MR) is 126 cm³/mol. The maximum Gasteiger partial charge on any atom is 0.294 e. The highest BCUT2D eigenvalue weighted by atomic mass is 79.9. The van der Waals surface area contributed by atoms with Crippen molar-refractivity contribution in [3.8, 4) is 11.3 Å². The van der Waals surface area contributed by atoms with Crippen molar-refractivity contribution < 1.29 is 23.7 Å². The van der Waals surface area contributed by atoms with E-state index in [2.05, 4.69) is 21.2 Å². The highest BCUT2D eigenvalue weighted by molar-refractivity contribution is 9.10. The zero-order chi connectivity index (χ0) is 23.5. The Morgan fingerprint density at radius 2 is 1.91 bits per heavy atom. The highest BCUT2D eigenvalue weighted by Crippen LogP contribution is 2.35. The van der Waals surface area contributed by atoms with Gasteiger partial charge in [0.2, 0.25) is 5.91 Å². The number of amides is 3. The first kappa shape index (κ1) is 22.5. The molecule has 1 aromatic heterocycles. The second kappa shape index (κ2) is 9.43. The Hall–Kier alpha value is -3.70. The Kier molecular flexibility index (Phi) is 6.43. The fourth-order valence-corrected chi connectivity index (χ4v) is 4.40. The number of nitro benzene ring substituents is 1. The first-order valence-corrected chi connectivity index (χ1v) is 11.1. The number of non-ortho nitro benzene ring substituents is 1. The molecule has 0 unspecified atom stereocenters. The lowest BCUT2D eigenvalue weighted by atomic mass is 10.1. The van der Waals surface area contributed by atoms with E-state index in [9.17, 15) is 24.5 Å². The number of carbonyl (C=O) groups excluding carboxylic acids is 3. The van der Waals surface area contributed by atoms with Crippen LogP contribution in [-0.2, 0) is 9.59 Å². The number of carbonyl (C=O) groups is 3. The summed E-state index contributed by atoms with van der Waals surface area (Å²) in [6.45, 7) is -0.407. The molecule has 0 spiro atoms. The van der Waals surface area contributed by atoms with Crippen LogP contribution < -0.4 is 5.32 Å². The van der Waals surface area contributed by atoms with E-state index < -0.39 is 28.5 Å². The Bertz CT molecular complexity index is 1300. The van der Waals surface area contributed by atoms with Crippen LogP contribution in [0, 0.1) is 10.1 Å². The molecule has 0 radical (unpaired) electrons. The normalized spacial score (nSPS) is 14.7. The van der Waals surface area contributed by atoms with Crippen molar-refractivity contribution in [3.05, 3.63) is 85.9 Å². The molecular weight excluding hydrogens is 514 g/mol. The molecule has 1 N–H and O–H groups in total. The summed E-state index contributed by atoms with van der Waals surface area (Å²) in [6.07, 6.45) is 1.42. The van der Waals surface area contributed by atoms with Gasteiger partial charge in [-0.3, -0.25) is 29.4 Å². The number of hydrogen-bond acceptors (Lipinski definition) is 7. The Balaban J connectivity index is 1.47. The van der Waals surface area contributed by atoms with E-state index in [0.29, 0.717) is 39.0 Å². The average molecular weight is 528 g/mol. The van der Waals surface area contributed by atoms with Gasteiger partial charge in [-0.2, -0.15) is 0 Å². The summed E-state index contributed by atoms with van der Waals surface area (Å²) in [4.78, 5) is 48.6. The van der Waals surface area contributed by atoms with Crippen molar-refractivity contribution in [2.45, 2.75) is 0 Å². The number of halogens is 1. The van der Waals surface area contributed by atoms with Crippen LogP contribution in [0.2, 0.25) is 0 Å². The molecule has 0 bridgehead atoms. The van der Waals surface area contributed by atoms with Crippen molar-refractivity contribution in [2.24, 2.45) is 0 Å². The van der Waals surface area contributed by atoms with Crippen LogP contribution in [0.25, 0.3) is 17.4 Å². The molecule has 9 nitrogen and oxygen atoms in total. The molecule has 2 heterocycles. The number of para-hydroxylation sites is 1. The quantitative estimate of drug-likeness (QED) is 0.262. The lowest BCUT2D eigenvalue weighted by Gasteiger charge is -2.12. The number of thioether (sulfide) groups is 1. The number of anilines is 1. The van der Waals surface area contributed by atoms with E-state index in [1.807, 2.05) is 0 Å². The number of benzene rings is 2. The predicted octanol–water partition coefficient (Wildman–Crippen LogP) is 5.29. The van der Waals surface area contributed by atoms with E-state index in [1.54, 1.807) is 48.5 Å². The molecule has 1 saturated heterocycles. The number of nitrogens with one attached hydrogen (secondary N) is 1. The van der Waals surface area contributed by atoms with E-state index in [-0.39, 0.29) is 10.6 Å². The van der Waals surface area contributed by atoms with Gasteiger partial charge in [-0.1, -0.05) is 18.2 Å². The summed E-state index contributed by atoms with van der Waals surface area (Å²) in [7, 11) is 0. The smallest absolute Gasteiger partial charge is 0.294 e. The number of rotatable bonds is 6. The molecule has 3 aromatic rings. The molecule has 3 amide bonds. The van der Waals surface area contributed by atoms with E-state index in [1.165, 1.54) is 18.2 Å². The minimum atomic E-state index is -0.595. The molecule has 166 valence electrons. The Morgan fingerprint density at radius 3 is 2.61 bits per heavy atom. The summed E-state index contributed by atoms with van der Waals surface area (Å²) < 4.78 is 6.22. The van der Waals surface area contributed by atoms with Gasteiger partial charge in [0.1, 0.15) is 18.1 Å². The van der Waals surface area contributed by atoms with E-state index in [4.69, 9.17) is 4.42 Å². The summed E-state index contributed by atoms with van der Waals surface area (Å²) in [5, 5.41) is 13.0. The molecule has 2 aromatic carbocycles. The second-order valence-corrected chi connectivity index (χ2v) is 8.65. The lowest BCUT2D eigenvalue weighted by Crippen LogP contribution is -2.36. The van der Waals surface area contributed by atoms with Gasteiger partial charge in [-0.15, -0.1) is 0 Å². The minimum Gasteiger partial charge on any atom is -0.457 e. The Morgan fingerprint density at radius 1 is 1.15 bits per heavy atom. The molecular formula is C22H14BrN3O6S. The fourth-order valence-electron chi connectivity index (χ4n) is 3.02. The van der Waals surface area contributed by atoms with Gasteiger partial charge in [-0.25, -0.2) is 0 Å². The second-order valence-electron chi connectivity index (χ2n) is 6.81. The van der Waals surface area contributed by atoms with Gasteiger partial charge in [-0.05, 0) is 58.0 Å². The van der Waals surface area contributed by atoms with Crippen LogP contribution in [0.4, 0.5) is 16.2 Å². The SMILES string of the molecule is O=C(CN1C(=O)S/C(=C/c2ccc(-c3ccc([N+](=O)[O-])cc3Br)o2)C1=O)Nc1ccccc1. The van der Waals surface area contributed by atoms with Gasteiger partial charge in [0, 0.05) is 33.9 Å². The number of furan rings is 1. The number of hydrogen-bond donors (Lipinski definition) is 1. The third kappa shape index (κ3) is 5.04. The molecule has 1 fully saturated rings. The van der Waals surface area contributed by atoms with E-state index >= 15 is 0 Å². The number of imide groups is 1. The van der Waals surface area contributed by atoms with Crippen molar-refractivity contribution in [1.82, 2.24) is 4.90 Å². The standard InChI is InChI=1S/C22H14BrN3O6S/c23-17-10-14(26(30)31)6-8-16(17)18-9-7-15(32-18)11-19-21(28)25(22(29)33-19)12-20(27)24-13-4-2-1-3-5-13/h1-11H,12H2,(H,24,27)/b19-11+. The molecule has 0 atom stereocenters. The number of nitrogens with zero attached hydrogens (tertiary/aromatic N) is 2. The maximum atomic E-state index is 12.7. The van der Waals surface area contributed by atoms with E-state index in [0.717, 1.165) is 4.90 Å². The first-order valence-electron chi connectivity index (χ1n) is 9.46. The van der Waals surface area contributed by atoms with Crippen LogP contribution in [0.3, 0.4) is 0 Å². The minimum absolute atomic E-state index is 0.0672. The average Bonchev–Trinajstić information content (AvgIpc) is 3.34. The zero-order valence-electron chi connectivity index (χ0n) is 16.7. The molecule has 0 aliphatic carbocycles. The molecule has 1 aliphatic rings. The lowest BCUT2D eigenvalue weighted by molar-refractivity contribution is -0.384. The van der Waals surface area contributed by atoms with Crippen molar-refractivity contribution >= 4 is 62.2 Å². The molecule has 1 aliphatic heterocycles. The fraction of sp³-hybridized carbons (Fsp3) is 0.0455. The van der Waals surface area contributed by atoms with Gasteiger partial charge in [0.05, 0.1) is 9.83 Å². The summed E-state index contributed by atoms with van der Waals surface area (Å²) >= 11 is 4.01. The third-order valence-electron chi connectivity index (χ3n) is 4.56. The van der Waals surface area contributed by atoms with Gasteiger partial charge < -0.3 is 9.73 Å². The molecule has 33 heavy (non-hydrogen) atoms. The van der Waals surface area contributed by atoms with Crippen LogP contribution >= 0.6 is 27.7 Å². The van der Waals surface area contributed by atoms with Gasteiger partial charge in [0.15, 0.2) is 0 Å². The maximum absolute atomic E-state index is 12.7. The summed E-state index contributed by atoms with van der Waals surface area (Å²) in [5.74, 6) is -0.352. The Labute approximate surface area is 199 Å². The van der Waals surface area contributed by atoms with Crippen LogP contribution in [0.1, 0.15) is 5.76 Å². The highest BCUT2D eigenvalue weighted by Gasteiger charge is 2.36. The van der Waals surface area contributed by atoms with Crippen LogP contribution in [-0.4, -0.2) is 33.4 Å². The van der Waals surface area contributed by atoms with Crippen molar-refractivity contribution in [3.63, 3.8) is 0 Å². The first-order chi connectivity index (χ1) is 15.8. The molecule has 0 saturated carbocycles. The zero-order valence-corrected chi connectivity index (χ0v) is 19.1. The largest absolute Gasteiger partial charge is 0.457 e. The van der Waals surface area contributed by atoms with Crippen LogP contribution in [0.15, 0.2) is 74.5 Å². The monoisotopic (exact) mass is 527 g/mol. The molecule has 11 heteroatoms. The summed E-state index contributed by atoms with van der Waals surface area (Å²) in [6, 6.07) is 16.2. The van der Waals surface area contributed by atoms with Gasteiger partial charge >= 0.3 is 0 Å². The topological polar surface area (TPSA) is 123 Å². The van der Waals surface area contributed by atoms with Crippen molar-refractivity contribution in [2.75, 3.05) is 11.9 Å². The van der Waals surface area contributed by atoms with Crippen LogP contribution in [0.5, 0.6) is 0 Å². The van der Waals surface area contributed by atoms with Gasteiger partial charge in [0.25, 0.3) is 16.8 Å². The van der Waals surface area contributed by atoms with Crippen molar-refractivity contribution in [1.29, 1.82) is 0 Å². The number of nitro groups is 1. The third-order valence-corrected chi connectivity index (χ3v) is 6.13. The summed E-state index contributed by atoms with van der Waals surface area (Å²) in [5.41, 5.74) is 1.08. The molecule has 4 rings (SSSR count).